The lowest BCUT2D eigenvalue weighted by Crippen LogP contribution is -2.54. The van der Waals surface area contributed by atoms with Crippen LogP contribution in [-0.4, -0.2) is 50.3 Å². The molecule has 3 rings (SSSR count). The summed E-state index contributed by atoms with van der Waals surface area (Å²) in [7, 11) is -3.94. The standard InChI is InChI=1S/C25H33NO5S/c1-3-5-19-31-22-11-13-23(14-12-22)32(28,29)25(24(27)30-4-2)15-17-26(18-16-25)20-21-9-7-6-8-10-21/h6-14H,3-5,15-20H2,1-2H3. The number of unbranched alkanes of at least 4 members (excludes halogenated alkanes) is 1. The first kappa shape index (κ1) is 24.3. The van der Waals surface area contributed by atoms with Gasteiger partial charge < -0.3 is 9.47 Å². The number of hydrogen-bond acceptors (Lipinski definition) is 6. The molecular weight excluding hydrogens is 426 g/mol. The van der Waals surface area contributed by atoms with Gasteiger partial charge in [0.15, 0.2) is 14.6 Å². The molecule has 1 aliphatic rings. The number of nitrogens with zero attached hydrogens (tertiary/aromatic N) is 1. The Morgan fingerprint density at radius 2 is 1.66 bits per heavy atom. The molecule has 1 aliphatic heterocycles. The number of carbonyl (C=O) groups excluding carboxylic acids is 1. The highest BCUT2D eigenvalue weighted by atomic mass is 32.2. The zero-order valence-corrected chi connectivity index (χ0v) is 19.8. The maximum absolute atomic E-state index is 13.7. The number of carbonyl (C=O) groups is 1. The Morgan fingerprint density at radius 3 is 2.25 bits per heavy atom. The third kappa shape index (κ3) is 5.33. The molecule has 2 aromatic carbocycles. The van der Waals surface area contributed by atoms with Crippen LogP contribution in [0, 0.1) is 0 Å². The zero-order chi connectivity index (χ0) is 23.0. The average molecular weight is 460 g/mol. The molecule has 6 nitrogen and oxygen atoms in total. The molecule has 0 bridgehead atoms. The molecule has 0 saturated carbocycles. The van der Waals surface area contributed by atoms with Crippen LogP contribution >= 0.6 is 0 Å². The van der Waals surface area contributed by atoms with E-state index in [1.54, 1.807) is 19.1 Å². The fourth-order valence-electron chi connectivity index (χ4n) is 4.03. The summed E-state index contributed by atoms with van der Waals surface area (Å²) in [6, 6.07) is 16.4. The molecule has 0 atom stereocenters. The highest BCUT2D eigenvalue weighted by Gasteiger charge is 2.54. The lowest BCUT2D eigenvalue weighted by Gasteiger charge is -2.39. The van der Waals surface area contributed by atoms with Gasteiger partial charge in [-0.3, -0.25) is 9.69 Å². The van der Waals surface area contributed by atoms with Crippen molar-refractivity contribution in [2.24, 2.45) is 0 Å². The predicted molar refractivity (Wildman–Crippen MR) is 124 cm³/mol. The van der Waals surface area contributed by atoms with Crippen molar-refractivity contribution in [2.45, 2.75) is 55.7 Å². The average Bonchev–Trinajstić information content (AvgIpc) is 2.81. The normalized spacial score (nSPS) is 16.4. The van der Waals surface area contributed by atoms with E-state index in [-0.39, 0.29) is 24.3 Å². The predicted octanol–water partition coefficient (Wildman–Crippen LogP) is 4.24. The molecular formula is C25H33NO5S. The van der Waals surface area contributed by atoms with E-state index < -0.39 is 20.6 Å². The van der Waals surface area contributed by atoms with Gasteiger partial charge in [-0.05, 0) is 56.0 Å². The summed E-state index contributed by atoms with van der Waals surface area (Å²) in [5.41, 5.74) is 1.16. The van der Waals surface area contributed by atoms with Crippen LogP contribution in [0.15, 0.2) is 59.5 Å². The van der Waals surface area contributed by atoms with Gasteiger partial charge in [-0.1, -0.05) is 43.7 Å². The second kappa shape index (κ2) is 11.0. The Balaban J connectivity index is 1.79. The van der Waals surface area contributed by atoms with E-state index in [2.05, 4.69) is 11.8 Å². The minimum Gasteiger partial charge on any atom is -0.494 e. The number of esters is 1. The molecule has 0 unspecified atom stereocenters. The van der Waals surface area contributed by atoms with E-state index >= 15 is 0 Å². The van der Waals surface area contributed by atoms with E-state index in [4.69, 9.17) is 9.47 Å². The number of benzene rings is 2. The molecule has 0 aliphatic carbocycles. The first-order valence-corrected chi connectivity index (χ1v) is 12.8. The van der Waals surface area contributed by atoms with Crippen molar-refractivity contribution >= 4 is 15.8 Å². The van der Waals surface area contributed by atoms with Crippen molar-refractivity contribution in [2.75, 3.05) is 26.3 Å². The molecule has 0 radical (unpaired) electrons. The Hall–Kier alpha value is -2.38. The SMILES string of the molecule is CCCCOc1ccc(S(=O)(=O)C2(C(=O)OCC)CCN(Cc3ccccc3)CC2)cc1. The van der Waals surface area contributed by atoms with E-state index in [0.29, 0.717) is 25.4 Å². The van der Waals surface area contributed by atoms with Gasteiger partial charge in [0.2, 0.25) is 0 Å². The number of rotatable bonds is 10. The number of likely N-dealkylation sites (tertiary alicyclic amines) is 1. The fourth-order valence-corrected chi connectivity index (χ4v) is 5.98. The fraction of sp³-hybridized carbons (Fsp3) is 0.480. The molecule has 1 heterocycles. The molecule has 1 fully saturated rings. The third-order valence-electron chi connectivity index (χ3n) is 5.98. The van der Waals surface area contributed by atoms with Gasteiger partial charge in [0.1, 0.15) is 5.75 Å². The monoisotopic (exact) mass is 459 g/mol. The number of piperidine rings is 1. The first-order chi connectivity index (χ1) is 15.4. The van der Waals surface area contributed by atoms with Crippen LogP contribution < -0.4 is 4.74 Å². The van der Waals surface area contributed by atoms with Crippen LogP contribution in [-0.2, 0) is 25.9 Å². The summed E-state index contributed by atoms with van der Waals surface area (Å²) in [4.78, 5) is 15.3. The van der Waals surface area contributed by atoms with Gasteiger partial charge in [0, 0.05) is 19.6 Å². The summed E-state index contributed by atoms with van der Waals surface area (Å²) in [6.45, 7) is 6.25. The van der Waals surface area contributed by atoms with Crippen LogP contribution in [0.2, 0.25) is 0 Å². The quantitative estimate of drug-likeness (QED) is 0.391. The van der Waals surface area contributed by atoms with E-state index in [1.165, 1.54) is 12.1 Å². The largest absolute Gasteiger partial charge is 0.494 e. The highest BCUT2D eigenvalue weighted by molar-refractivity contribution is 7.93. The molecule has 1 saturated heterocycles. The zero-order valence-electron chi connectivity index (χ0n) is 19.0. The number of sulfone groups is 1. The molecule has 0 N–H and O–H groups in total. The van der Waals surface area contributed by atoms with Crippen molar-refractivity contribution in [1.82, 2.24) is 4.90 Å². The maximum atomic E-state index is 13.7. The van der Waals surface area contributed by atoms with Crippen molar-refractivity contribution in [3.8, 4) is 5.75 Å². The molecule has 174 valence electrons. The highest BCUT2D eigenvalue weighted by Crippen LogP contribution is 2.37. The number of ether oxygens (including phenoxy) is 2. The van der Waals surface area contributed by atoms with Crippen LogP contribution in [0.5, 0.6) is 5.75 Å². The van der Waals surface area contributed by atoms with Crippen LogP contribution in [0.4, 0.5) is 0 Å². The Labute approximate surface area is 191 Å². The topological polar surface area (TPSA) is 72.9 Å². The van der Waals surface area contributed by atoms with Crippen molar-refractivity contribution in [3.05, 3.63) is 60.2 Å². The molecule has 7 heteroatoms. The summed E-state index contributed by atoms with van der Waals surface area (Å²) >= 11 is 0. The van der Waals surface area contributed by atoms with Crippen LogP contribution in [0.25, 0.3) is 0 Å². The lowest BCUT2D eigenvalue weighted by molar-refractivity contribution is -0.147. The Morgan fingerprint density at radius 1 is 1.00 bits per heavy atom. The van der Waals surface area contributed by atoms with E-state index in [0.717, 1.165) is 24.9 Å². The second-order valence-electron chi connectivity index (χ2n) is 8.15. The van der Waals surface area contributed by atoms with Gasteiger partial charge >= 0.3 is 5.97 Å². The van der Waals surface area contributed by atoms with Gasteiger partial charge in [0.05, 0.1) is 18.1 Å². The third-order valence-corrected chi connectivity index (χ3v) is 8.47. The van der Waals surface area contributed by atoms with Crippen molar-refractivity contribution < 1.29 is 22.7 Å². The summed E-state index contributed by atoms with van der Waals surface area (Å²) in [6.07, 6.45) is 2.37. The summed E-state index contributed by atoms with van der Waals surface area (Å²) in [5.74, 6) is -0.0251. The van der Waals surface area contributed by atoms with E-state index in [1.807, 2.05) is 30.3 Å². The van der Waals surface area contributed by atoms with Crippen molar-refractivity contribution in [1.29, 1.82) is 0 Å². The van der Waals surface area contributed by atoms with Crippen LogP contribution in [0.3, 0.4) is 0 Å². The molecule has 2 aromatic rings. The van der Waals surface area contributed by atoms with Crippen molar-refractivity contribution in [3.63, 3.8) is 0 Å². The van der Waals surface area contributed by atoms with Gasteiger partial charge in [-0.2, -0.15) is 0 Å². The van der Waals surface area contributed by atoms with Gasteiger partial charge in [-0.15, -0.1) is 0 Å². The maximum Gasteiger partial charge on any atom is 0.327 e. The van der Waals surface area contributed by atoms with Gasteiger partial charge in [-0.25, -0.2) is 8.42 Å². The minimum atomic E-state index is -3.94. The molecule has 0 aromatic heterocycles. The lowest BCUT2D eigenvalue weighted by atomic mass is 9.95. The Bertz CT molecular complexity index is 965. The number of hydrogen-bond donors (Lipinski definition) is 0. The molecule has 0 spiro atoms. The smallest absolute Gasteiger partial charge is 0.327 e. The Kier molecular flexibility index (Phi) is 8.32. The first-order valence-electron chi connectivity index (χ1n) is 11.3. The minimum absolute atomic E-state index is 0.130. The second-order valence-corrected chi connectivity index (χ2v) is 10.4. The van der Waals surface area contributed by atoms with E-state index in [9.17, 15) is 13.2 Å². The van der Waals surface area contributed by atoms with Crippen LogP contribution in [0.1, 0.15) is 45.1 Å². The summed E-state index contributed by atoms with van der Waals surface area (Å²) in [5, 5.41) is 0. The molecule has 0 amide bonds. The molecule has 32 heavy (non-hydrogen) atoms. The summed E-state index contributed by atoms with van der Waals surface area (Å²) < 4.78 is 36.8. The van der Waals surface area contributed by atoms with Gasteiger partial charge in [0.25, 0.3) is 0 Å².